The predicted octanol–water partition coefficient (Wildman–Crippen LogP) is 6.83. The van der Waals surface area contributed by atoms with E-state index in [-0.39, 0.29) is 42.6 Å². The second-order valence-corrected chi connectivity index (χ2v) is 14.2. The van der Waals surface area contributed by atoms with E-state index >= 15 is 0 Å². The lowest BCUT2D eigenvalue weighted by Gasteiger charge is -2.24. The number of aliphatic hydroxyl groups is 4. The average Bonchev–Trinajstić information content (AvgIpc) is 3.76. The third kappa shape index (κ3) is 14.7. The van der Waals surface area contributed by atoms with E-state index < -0.39 is 18.3 Å². The fraction of sp³-hybridized carbons (Fsp3) is 0.919. The number of hydrogen-bond donors (Lipinski definition) is 4. The molecule has 2 fully saturated rings. The Morgan fingerprint density at radius 3 is 1.62 bits per heavy atom. The van der Waals surface area contributed by atoms with Crippen LogP contribution in [-0.2, 0) is 19.0 Å². The summed E-state index contributed by atoms with van der Waals surface area (Å²) in [6.07, 6.45) is 21.7. The van der Waals surface area contributed by atoms with Gasteiger partial charge in [0.05, 0.1) is 48.8 Å². The first-order chi connectivity index (χ1) is 21.8. The second-order valence-electron chi connectivity index (χ2n) is 14.2. The van der Waals surface area contributed by atoms with E-state index in [0.717, 1.165) is 83.5 Å². The second kappa shape index (κ2) is 21.8. The number of unbranched alkanes of at least 4 members (excludes halogenated alkanes) is 10. The predicted molar refractivity (Wildman–Crippen MR) is 177 cm³/mol. The maximum atomic E-state index is 11.7. The molecule has 3 unspecified atom stereocenters. The number of carbonyl (C=O) groups excluding carboxylic acids is 1. The van der Waals surface area contributed by atoms with E-state index in [9.17, 15) is 25.2 Å². The molecule has 0 aromatic heterocycles. The Labute approximate surface area is 273 Å². The molecule has 0 aromatic carbocycles. The Kier molecular flexibility index (Phi) is 18.6. The molecule has 8 heteroatoms. The van der Waals surface area contributed by atoms with Crippen LogP contribution in [0.2, 0.25) is 0 Å². The van der Waals surface area contributed by atoms with Crippen LogP contribution in [0.25, 0.3) is 0 Å². The number of ether oxygens (including phenoxy) is 3. The summed E-state index contributed by atoms with van der Waals surface area (Å²) in [7, 11) is 0. The van der Waals surface area contributed by atoms with Crippen molar-refractivity contribution in [2.24, 2.45) is 0 Å². The van der Waals surface area contributed by atoms with Crippen molar-refractivity contribution in [3.63, 3.8) is 0 Å². The van der Waals surface area contributed by atoms with Gasteiger partial charge in [0.15, 0.2) is 0 Å². The van der Waals surface area contributed by atoms with E-state index in [0.29, 0.717) is 24.8 Å². The van der Waals surface area contributed by atoms with Gasteiger partial charge in [0.1, 0.15) is 6.10 Å². The molecule has 2 saturated heterocycles. The number of aliphatic hydroxyl groups excluding tert-OH is 4. The first kappa shape index (κ1) is 38.4. The van der Waals surface area contributed by atoms with Crippen molar-refractivity contribution in [2.45, 2.75) is 216 Å². The summed E-state index contributed by atoms with van der Waals surface area (Å²) in [4.78, 5) is 11.7. The molecule has 0 bridgehead atoms. The molecule has 0 aromatic rings. The highest BCUT2D eigenvalue weighted by molar-refractivity contribution is 5.90. The zero-order chi connectivity index (χ0) is 32.4. The standard InChI is InChI=1S/C37H66O8/c1-3-4-5-6-7-8-9-13-19-31(40)33-21-23-35(44-33)36-24-22-34(45-36)32(41)20-15-14-17-29(38)16-11-10-12-18-30(39)26-28-25-27(2)43-37(28)42/h25,27,29-36,38-41H,3-24,26H2,1-2H3/t27?,29?,30?,31-,32+,33+,34+,35+,36+/m0/s1. The molecule has 8 nitrogen and oxygen atoms in total. The molecular weight excluding hydrogens is 572 g/mol. The maximum absolute atomic E-state index is 11.7. The quantitative estimate of drug-likeness (QED) is 0.0634. The summed E-state index contributed by atoms with van der Waals surface area (Å²) in [6.45, 7) is 4.06. The Balaban J connectivity index is 1.16. The Morgan fingerprint density at radius 2 is 1.09 bits per heavy atom. The molecule has 3 rings (SSSR count). The van der Waals surface area contributed by atoms with E-state index in [2.05, 4.69) is 6.92 Å². The van der Waals surface area contributed by atoms with Crippen LogP contribution in [0.3, 0.4) is 0 Å². The van der Waals surface area contributed by atoms with Gasteiger partial charge in [-0.3, -0.25) is 0 Å². The lowest BCUT2D eigenvalue weighted by molar-refractivity contribution is -0.139. The lowest BCUT2D eigenvalue weighted by atomic mass is 9.99. The van der Waals surface area contributed by atoms with E-state index in [1.165, 1.54) is 44.9 Å². The zero-order valence-corrected chi connectivity index (χ0v) is 28.5. The summed E-state index contributed by atoms with van der Waals surface area (Å²) >= 11 is 0. The van der Waals surface area contributed by atoms with Crippen molar-refractivity contribution >= 4 is 5.97 Å². The summed E-state index contributed by atoms with van der Waals surface area (Å²) in [6, 6.07) is 0. The smallest absolute Gasteiger partial charge is 0.334 e. The van der Waals surface area contributed by atoms with Crippen LogP contribution in [-0.4, -0.2) is 81.3 Å². The minimum absolute atomic E-state index is 0.00732. The lowest BCUT2D eigenvalue weighted by Crippen LogP contribution is -2.33. The fourth-order valence-electron chi connectivity index (χ4n) is 7.30. The highest BCUT2D eigenvalue weighted by atomic mass is 16.6. The number of hydrogen-bond acceptors (Lipinski definition) is 8. The van der Waals surface area contributed by atoms with Gasteiger partial charge in [0.25, 0.3) is 0 Å². The molecule has 45 heavy (non-hydrogen) atoms. The van der Waals surface area contributed by atoms with Crippen molar-refractivity contribution in [2.75, 3.05) is 0 Å². The molecule has 3 heterocycles. The molecule has 3 aliphatic heterocycles. The summed E-state index contributed by atoms with van der Waals surface area (Å²) < 4.78 is 17.6. The number of cyclic esters (lactones) is 1. The van der Waals surface area contributed by atoms with Gasteiger partial charge < -0.3 is 34.6 Å². The van der Waals surface area contributed by atoms with Crippen LogP contribution in [0.5, 0.6) is 0 Å². The first-order valence-electron chi connectivity index (χ1n) is 18.7. The molecule has 0 aliphatic carbocycles. The van der Waals surface area contributed by atoms with Crippen molar-refractivity contribution in [1.82, 2.24) is 0 Å². The highest BCUT2D eigenvalue weighted by Gasteiger charge is 2.40. The normalized spacial score (nSPS) is 27.8. The van der Waals surface area contributed by atoms with Crippen molar-refractivity contribution in [3.05, 3.63) is 11.6 Å². The summed E-state index contributed by atoms with van der Waals surface area (Å²) in [5, 5.41) is 42.0. The van der Waals surface area contributed by atoms with E-state index in [1.54, 1.807) is 6.08 Å². The van der Waals surface area contributed by atoms with Gasteiger partial charge in [-0.25, -0.2) is 4.79 Å². The molecule has 3 aliphatic rings. The van der Waals surface area contributed by atoms with Crippen LogP contribution >= 0.6 is 0 Å². The number of esters is 1. The Hall–Kier alpha value is -1.03. The minimum Gasteiger partial charge on any atom is -0.455 e. The van der Waals surface area contributed by atoms with Crippen molar-refractivity contribution < 1.29 is 39.4 Å². The monoisotopic (exact) mass is 638 g/mol. The molecule has 0 amide bonds. The number of carbonyl (C=O) groups is 1. The molecule has 4 N–H and O–H groups in total. The van der Waals surface area contributed by atoms with Gasteiger partial charge in [-0.1, -0.05) is 90.4 Å². The van der Waals surface area contributed by atoms with E-state index in [1.807, 2.05) is 6.92 Å². The fourth-order valence-corrected chi connectivity index (χ4v) is 7.30. The Morgan fingerprint density at radius 1 is 0.644 bits per heavy atom. The maximum Gasteiger partial charge on any atom is 0.334 e. The minimum atomic E-state index is -0.533. The van der Waals surface area contributed by atoms with Gasteiger partial charge in [0.2, 0.25) is 0 Å². The SMILES string of the molecule is CCCCCCCCCC[C@H](O)[C@H]1CC[C@H]([C@H]2CC[C@H]([C@H](O)CCCCC(O)CCCCCC(O)CC3=CC(C)OC3=O)O2)O1. The van der Waals surface area contributed by atoms with E-state index in [4.69, 9.17) is 14.2 Å². The van der Waals surface area contributed by atoms with Crippen LogP contribution in [0, 0.1) is 0 Å². The Bertz CT molecular complexity index is 833. The van der Waals surface area contributed by atoms with Gasteiger partial charge in [-0.2, -0.15) is 0 Å². The van der Waals surface area contributed by atoms with Gasteiger partial charge >= 0.3 is 5.97 Å². The topological polar surface area (TPSA) is 126 Å². The molecule has 0 spiro atoms. The summed E-state index contributed by atoms with van der Waals surface area (Å²) in [5.41, 5.74) is 0.575. The van der Waals surface area contributed by atoms with Crippen LogP contribution in [0.4, 0.5) is 0 Å². The van der Waals surface area contributed by atoms with Gasteiger partial charge in [-0.15, -0.1) is 0 Å². The van der Waals surface area contributed by atoms with Gasteiger partial charge in [0, 0.05) is 12.0 Å². The van der Waals surface area contributed by atoms with Crippen molar-refractivity contribution in [3.8, 4) is 0 Å². The van der Waals surface area contributed by atoms with Crippen LogP contribution < -0.4 is 0 Å². The molecule has 0 radical (unpaired) electrons. The highest BCUT2D eigenvalue weighted by Crippen LogP contribution is 2.34. The van der Waals surface area contributed by atoms with Gasteiger partial charge in [-0.05, 0) is 70.8 Å². The average molecular weight is 639 g/mol. The van der Waals surface area contributed by atoms with Crippen molar-refractivity contribution in [1.29, 1.82) is 0 Å². The number of rotatable bonds is 25. The summed E-state index contributed by atoms with van der Waals surface area (Å²) in [5.74, 6) is -0.315. The largest absolute Gasteiger partial charge is 0.455 e. The molecule has 9 atom stereocenters. The third-order valence-electron chi connectivity index (χ3n) is 10.1. The third-order valence-corrected chi connectivity index (χ3v) is 10.1. The zero-order valence-electron chi connectivity index (χ0n) is 28.5. The first-order valence-corrected chi connectivity index (χ1v) is 18.7. The van der Waals surface area contributed by atoms with Crippen LogP contribution in [0.1, 0.15) is 162 Å². The van der Waals surface area contributed by atoms with Crippen LogP contribution in [0.15, 0.2) is 11.6 Å². The molecular formula is C37H66O8. The molecule has 0 saturated carbocycles. The molecule has 262 valence electrons.